The minimum Gasteiger partial charge on any atom is -0.493 e. The van der Waals surface area contributed by atoms with Crippen molar-refractivity contribution in [3.05, 3.63) is 47.5 Å². The minimum atomic E-state index is -4.08. The highest BCUT2D eigenvalue weighted by Gasteiger charge is 2.28. The van der Waals surface area contributed by atoms with Crippen LogP contribution in [0.4, 0.5) is 5.69 Å². The van der Waals surface area contributed by atoms with Crippen molar-refractivity contribution < 1.29 is 27.4 Å². The van der Waals surface area contributed by atoms with Gasteiger partial charge in [-0.25, -0.2) is 8.42 Å². The monoisotopic (exact) mass is 491 g/mol. The van der Waals surface area contributed by atoms with Gasteiger partial charge in [0.1, 0.15) is 6.54 Å². The van der Waals surface area contributed by atoms with E-state index in [0.29, 0.717) is 43.5 Å². The van der Waals surface area contributed by atoms with E-state index in [0.717, 1.165) is 28.5 Å². The number of morpholine rings is 1. The molecular weight excluding hydrogens is 458 g/mol. The molecule has 2 aromatic rings. The number of anilines is 1. The summed E-state index contributed by atoms with van der Waals surface area (Å²) in [6.07, 6.45) is 0. The van der Waals surface area contributed by atoms with E-state index in [4.69, 9.17) is 14.2 Å². The van der Waals surface area contributed by atoms with Crippen molar-refractivity contribution in [2.45, 2.75) is 18.7 Å². The summed E-state index contributed by atoms with van der Waals surface area (Å²) in [5.41, 5.74) is 2.22. The first-order chi connectivity index (χ1) is 16.2. The molecule has 0 atom stereocenters. The molecule has 1 N–H and O–H groups in total. The van der Waals surface area contributed by atoms with Crippen LogP contribution in [0.2, 0.25) is 0 Å². The van der Waals surface area contributed by atoms with Gasteiger partial charge in [-0.2, -0.15) is 0 Å². The summed E-state index contributed by atoms with van der Waals surface area (Å²) in [4.78, 5) is 15.0. The Bertz CT molecular complexity index is 1080. The van der Waals surface area contributed by atoms with Gasteiger partial charge in [-0.3, -0.25) is 14.0 Å². The summed E-state index contributed by atoms with van der Waals surface area (Å²) in [7, 11) is -1.15. The Balaban J connectivity index is 1.85. The van der Waals surface area contributed by atoms with Gasteiger partial charge in [0.2, 0.25) is 5.91 Å². The average molecular weight is 492 g/mol. The Morgan fingerprint density at radius 1 is 1.03 bits per heavy atom. The van der Waals surface area contributed by atoms with Gasteiger partial charge < -0.3 is 19.5 Å². The van der Waals surface area contributed by atoms with Crippen LogP contribution in [0.1, 0.15) is 11.1 Å². The number of aryl methyl sites for hydroxylation is 2. The van der Waals surface area contributed by atoms with E-state index in [1.807, 2.05) is 19.9 Å². The van der Waals surface area contributed by atoms with Crippen LogP contribution >= 0.6 is 0 Å². The second-order valence-corrected chi connectivity index (χ2v) is 10.0. The summed E-state index contributed by atoms with van der Waals surface area (Å²) >= 11 is 0. The molecule has 0 spiro atoms. The predicted octanol–water partition coefficient (Wildman–Crippen LogP) is 1.96. The highest BCUT2D eigenvalue weighted by atomic mass is 32.2. The van der Waals surface area contributed by atoms with Crippen molar-refractivity contribution in [1.29, 1.82) is 0 Å². The van der Waals surface area contributed by atoms with E-state index in [1.54, 1.807) is 12.1 Å². The summed E-state index contributed by atoms with van der Waals surface area (Å²) in [6, 6.07) is 9.85. The van der Waals surface area contributed by atoms with Gasteiger partial charge in [-0.15, -0.1) is 0 Å². The lowest BCUT2D eigenvalue weighted by atomic mass is 10.1. The van der Waals surface area contributed by atoms with E-state index < -0.39 is 10.0 Å². The molecule has 3 rings (SSSR count). The zero-order chi connectivity index (χ0) is 24.7. The maximum Gasteiger partial charge on any atom is 0.264 e. The first kappa shape index (κ1) is 25.8. The number of nitrogens with one attached hydrogen (secondary N) is 1. The zero-order valence-electron chi connectivity index (χ0n) is 20.2. The van der Waals surface area contributed by atoms with Crippen LogP contribution in [-0.2, 0) is 19.6 Å². The molecule has 9 nitrogen and oxygen atoms in total. The standard InChI is InChI=1S/C24H33N3O6S/c1-18-13-19(2)15-20(14-18)27(17-24(28)25-7-8-26-9-11-33-12-10-26)34(29,30)21-5-6-22(31-3)23(16-21)32-4/h5-6,13-16H,7-12,17H2,1-4H3,(H,25,28). The maximum atomic E-state index is 13.7. The van der Waals surface area contributed by atoms with Crippen molar-refractivity contribution >= 4 is 21.6 Å². The largest absolute Gasteiger partial charge is 0.493 e. The molecule has 1 amide bonds. The van der Waals surface area contributed by atoms with Gasteiger partial charge in [0.15, 0.2) is 11.5 Å². The molecule has 0 saturated carbocycles. The van der Waals surface area contributed by atoms with E-state index in [9.17, 15) is 13.2 Å². The SMILES string of the molecule is COc1ccc(S(=O)(=O)N(CC(=O)NCCN2CCOCC2)c2cc(C)cc(C)c2)cc1OC. The molecule has 0 bridgehead atoms. The molecule has 1 fully saturated rings. The second-order valence-electron chi connectivity index (χ2n) is 8.18. The molecule has 0 unspecified atom stereocenters. The van der Waals surface area contributed by atoms with Gasteiger partial charge in [0.25, 0.3) is 10.0 Å². The molecule has 34 heavy (non-hydrogen) atoms. The topological polar surface area (TPSA) is 97.4 Å². The molecule has 1 aliphatic rings. The fraction of sp³-hybridized carbons (Fsp3) is 0.458. The molecule has 1 aliphatic heterocycles. The Hall–Kier alpha value is -2.82. The summed E-state index contributed by atoms with van der Waals surface area (Å²) in [6.45, 7) is 7.53. The number of methoxy groups -OCH3 is 2. The van der Waals surface area contributed by atoms with Gasteiger partial charge in [-0.1, -0.05) is 6.07 Å². The van der Waals surface area contributed by atoms with Crippen LogP contribution in [0.15, 0.2) is 41.3 Å². The summed E-state index contributed by atoms with van der Waals surface area (Å²) in [5, 5.41) is 2.85. The van der Waals surface area contributed by atoms with Crippen LogP contribution < -0.4 is 19.1 Å². The number of amides is 1. The lowest BCUT2D eigenvalue weighted by Gasteiger charge is -2.27. The first-order valence-electron chi connectivity index (χ1n) is 11.1. The number of ether oxygens (including phenoxy) is 3. The third kappa shape index (κ3) is 6.40. The Morgan fingerprint density at radius 2 is 1.68 bits per heavy atom. The first-order valence-corrected chi connectivity index (χ1v) is 12.6. The van der Waals surface area contributed by atoms with Gasteiger partial charge in [-0.05, 0) is 49.2 Å². The van der Waals surface area contributed by atoms with Gasteiger partial charge >= 0.3 is 0 Å². The normalized spacial score (nSPS) is 14.5. The molecule has 0 aromatic heterocycles. The Labute approximate surface area is 201 Å². The van der Waals surface area contributed by atoms with Crippen LogP contribution in [0.3, 0.4) is 0 Å². The predicted molar refractivity (Wildman–Crippen MR) is 130 cm³/mol. The maximum absolute atomic E-state index is 13.7. The number of hydrogen-bond donors (Lipinski definition) is 1. The van der Waals surface area contributed by atoms with E-state index in [2.05, 4.69) is 10.2 Å². The number of hydrogen-bond acceptors (Lipinski definition) is 7. The number of benzene rings is 2. The fourth-order valence-electron chi connectivity index (χ4n) is 3.88. The molecule has 1 heterocycles. The second kappa shape index (κ2) is 11.5. The molecule has 0 radical (unpaired) electrons. The highest BCUT2D eigenvalue weighted by molar-refractivity contribution is 7.92. The minimum absolute atomic E-state index is 0.00502. The van der Waals surface area contributed by atoms with Crippen molar-refractivity contribution in [1.82, 2.24) is 10.2 Å². The van der Waals surface area contributed by atoms with Crippen LogP contribution in [0.25, 0.3) is 0 Å². The van der Waals surface area contributed by atoms with E-state index in [1.165, 1.54) is 32.4 Å². The lowest BCUT2D eigenvalue weighted by molar-refractivity contribution is -0.119. The van der Waals surface area contributed by atoms with Crippen molar-refractivity contribution in [3.63, 3.8) is 0 Å². The summed E-state index contributed by atoms with van der Waals surface area (Å²) in [5.74, 6) is 0.329. The number of carbonyl (C=O) groups is 1. The zero-order valence-corrected chi connectivity index (χ0v) is 21.0. The quantitative estimate of drug-likeness (QED) is 0.543. The van der Waals surface area contributed by atoms with Crippen LogP contribution in [-0.4, -0.2) is 79.4 Å². The number of nitrogens with zero attached hydrogens (tertiary/aromatic N) is 2. The number of carbonyl (C=O) groups excluding carboxylic acids is 1. The fourth-order valence-corrected chi connectivity index (χ4v) is 5.30. The number of rotatable bonds is 10. The Morgan fingerprint density at radius 3 is 2.29 bits per heavy atom. The molecule has 1 saturated heterocycles. The summed E-state index contributed by atoms with van der Waals surface area (Å²) < 4.78 is 44.4. The molecule has 186 valence electrons. The molecular formula is C24H33N3O6S. The van der Waals surface area contributed by atoms with E-state index in [-0.39, 0.29) is 17.3 Å². The smallest absolute Gasteiger partial charge is 0.264 e. The third-order valence-electron chi connectivity index (χ3n) is 5.58. The highest BCUT2D eigenvalue weighted by Crippen LogP contribution is 2.32. The number of sulfonamides is 1. The van der Waals surface area contributed by atoms with Crippen LogP contribution in [0, 0.1) is 13.8 Å². The van der Waals surface area contributed by atoms with Crippen molar-refractivity contribution in [3.8, 4) is 11.5 Å². The molecule has 10 heteroatoms. The lowest BCUT2D eigenvalue weighted by Crippen LogP contribution is -2.44. The Kier molecular flexibility index (Phi) is 8.76. The average Bonchev–Trinajstić information content (AvgIpc) is 2.82. The van der Waals surface area contributed by atoms with Gasteiger partial charge in [0.05, 0.1) is 38.0 Å². The van der Waals surface area contributed by atoms with Crippen molar-refractivity contribution in [2.75, 3.05) is 64.5 Å². The molecule has 0 aliphatic carbocycles. The molecule has 2 aromatic carbocycles. The third-order valence-corrected chi connectivity index (χ3v) is 7.35. The van der Waals surface area contributed by atoms with Gasteiger partial charge in [0, 0.05) is 32.2 Å². The van der Waals surface area contributed by atoms with Crippen molar-refractivity contribution in [2.24, 2.45) is 0 Å². The van der Waals surface area contributed by atoms with Crippen LogP contribution in [0.5, 0.6) is 11.5 Å². The van der Waals surface area contributed by atoms with E-state index >= 15 is 0 Å².